The molecule has 1 saturated carbocycles. The van der Waals surface area contributed by atoms with Crippen LogP contribution in [0.3, 0.4) is 0 Å². The molecule has 0 amide bonds. The Hall–Kier alpha value is -1.22. The van der Waals surface area contributed by atoms with Crippen LogP contribution < -0.4 is 5.32 Å². The van der Waals surface area contributed by atoms with Crippen molar-refractivity contribution < 1.29 is 9.84 Å². The highest BCUT2D eigenvalue weighted by Crippen LogP contribution is 2.47. The van der Waals surface area contributed by atoms with E-state index >= 15 is 0 Å². The Bertz CT molecular complexity index is 486. The van der Waals surface area contributed by atoms with Gasteiger partial charge in [-0.1, -0.05) is 19.9 Å². The van der Waals surface area contributed by atoms with E-state index in [1.54, 1.807) is 0 Å². The van der Waals surface area contributed by atoms with Crippen LogP contribution in [0.15, 0.2) is 12.1 Å². The molecule has 0 aliphatic heterocycles. The Morgan fingerprint density at radius 2 is 2.05 bits per heavy atom. The van der Waals surface area contributed by atoms with Gasteiger partial charge in [0.25, 0.3) is 0 Å². The Labute approximate surface area is 122 Å². The Kier molecular flexibility index (Phi) is 4.28. The average molecular weight is 277 g/mol. The molecule has 0 aromatic heterocycles. The van der Waals surface area contributed by atoms with Crippen molar-refractivity contribution in [2.75, 3.05) is 11.9 Å². The van der Waals surface area contributed by atoms with Crippen LogP contribution in [0.2, 0.25) is 0 Å². The summed E-state index contributed by atoms with van der Waals surface area (Å²) in [5.74, 6) is 0.397. The van der Waals surface area contributed by atoms with Gasteiger partial charge < -0.3 is 15.2 Å². The lowest BCUT2D eigenvalue weighted by atomic mass is 9.61. The van der Waals surface area contributed by atoms with Gasteiger partial charge in [0.1, 0.15) is 5.75 Å². The minimum atomic E-state index is 0.170. The zero-order valence-electron chi connectivity index (χ0n) is 13.3. The third kappa shape index (κ3) is 2.39. The summed E-state index contributed by atoms with van der Waals surface area (Å²) in [5, 5.41) is 13.7. The molecule has 20 heavy (non-hydrogen) atoms. The first-order valence-electron chi connectivity index (χ1n) is 7.61. The smallest absolute Gasteiger partial charge is 0.123 e. The standard InChI is InChI=1S/C17H27NO2/c1-6-17(5)14(10-15(17)20-7-2)18-13-9-8-11(3)16(19)12(13)4/h8-9,14-15,18-19H,6-7,10H2,1-5H3. The van der Waals surface area contributed by atoms with Crippen LogP contribution >= 0.6 is 0 Å². The Morgan fingerprint density at radius 3 is 2.65 bits per heavy atom. The molecule has 1 aromatic carbocycles. The van der Waals surface area contributed by atoms with Gasteiger partial charge in [-0.3, -0.25) is 0 Å². The maximum atomic E-state index is 10.0. The minimum absolute atomic E-state index is 0.170. The highest BCUT2D eigenvalue weighted by atomic mass is 16.5. The van der Waals surface area contributed by atoms with E-state index in [0.29, 0.717) is 17.9 Å². The lowest BCUT2D eigenvalue weighted by molar-refractivity contribution is -0.109. The fourth-order valence-electron chi connectivity index (χ4n) is 3.15. The summed E-state index contributed by atoms with van der Waals surface area (Å²) >= 11 is 0. The molecule has 1 aromatic rings. The summed E-state index contributed by atoms with van der Waals surface area (Å²) in [4.78, 5) is 0. The van der Waals surface area contributed by atoms with E-state index < -0.39 is 0 Å². The first-order valence-corrected chi connectivity index (χ1v) is 7.61. The predicted molar refractivity (Wildman–Crippen MR) is 83.4 cm³/mol. The monoisotopic (exact) mass is 277 g/mol. The second-order valence-electron chi connectivity index (χ2n) is 6.14. The maximum Gasteiger partial charge on any atom is 0.123 e. The summed E-state index contributed by atoms with van der Waals surface area (Å²) in [6.07, 6.45) is 2.47. The van der Waals surface area contributed by atoms with Crippen LogP contribution in [0.4, 0.5) is 5.69 Å². The van der Waals surface area contributed by atoms with Crippen molar-refractivity contribution in [2.45, 2.75) is 59.6 Å². The largest absolute Gasteiger partial charge is 0.507 e. The number of nitrogens with one attached hydrogen (secondary N) is 1. The molecule has 0 bridgehead atoms. The first-order chi connectivity index (χ1) is 9.43. The van der Waals surface area contributed by atoms with Crippen molar-refractivity contribution in [3.8, 4) is 5.75 Å². The van der Waals surface area contributed by atoms with E-state index in [1.807, 2.05) is 19.9 Å². The van der Waals surface area contributed by atoms with Gasteiger partial charge in [-0.2, -0.15) is 0 Å². The normalized spacial score (nSPS) is 29.1. The number of aryl methyl sites for hydroxylation is 1. The van der Waals surface area contributed by atoms with E-state index in [-0.39, 0.29) is 5.41 Å². The summed E-state index contributed by atoms with van der Waals surface area (Å²) in [7, 11) is 0. The molecular formula is C17H27NO2. The molecule has 0 spiro atoms. The molecule has 0 radical (unpaired) electrons. The summed E-state index contributed by atoms with van der Waals surface area (Å²) in [6.45, 7) is 11.2. The number of benzene rings is 1. The molecule has 112 valence electrons. The molecule has 0 saturated heterocycles. The van der Waals surface area contributed by atoms with Crippen molar-refractivity contribution in [3.63, 3.8) is 0 Å². The molecule has 1 aliphatic carbocycles. The van der Waals surface area contributed by atoms with Crippen LogP contribution in [0.1, 0.15) is 44.7 Å². The Morgan fingerprint density at radius 1 is 1.35 bits per heavy atom. The topological polar surface area (TPSA) is 41.5 Å². The molecular weight excluding hydrogens is 250 g/mol. The fourth-order valence-corrected chi connectivity index (χ4v) is 3.15. The lowest BCUT2D eigenvalue weighted by Crippen LogP contribution is -2.59. The average Bonchev–Trinajstić information content (AvgIpc) is 2.45. The number of phenols is 1. The highest BCUT2D eigenvalue weighted by Gasteiger charge is 2.51. The first kappa shape index (κ1) is 15.2. The molecule has 0 heterocycles. The molecule has 3 unspecified atom stereocenters. The number of hydrogen-bond donors (Lipinski definition) is 2. The zero-order chi connectivity index (χ0) is 14.9. The SMILES string of the molecule is CCOC1CC(Nc2ccc(C)c(O)c2C)C1(C)CC. The van der Waals surface area contributed by atoms with Gasteiger partial charge in [0.2, 0.25) is 0 Å². The number of hydrogen-bond acceptors (Lipinski definition) is 3. The van der Waals surface area contributed by atoms with E-state index in [4.69, 9.17) is 4.74 Å². The lowest BCUT2D eigenvalue weighted by Gasteiger charge is -2.54. The van der Waals surface area contributed by atoms with E-state index in [0.717, 1.165) is 36.3 Å². The van der Waals surface area contributed by atoms with E-state index in [9.17, 15) is 5.11 Å². The number of rotatable bonds is 5. The number of ether oxygens (including phenoxy) is 1. The Balaban J connectivity index is 2.14. The molecule has 1 aliphatic rings. The van der Waals surface area contributed by atoms with Gasteiger partial charge in [-0.05, 0) is 45.2 Å². The molecule has 3 heteroatoms. The molecule has 3 nitrogen and oxygen atoms in total. The van der Waals surface area contributed by atoms with Crippen LogP contribution in [0, 0.1) is 19.3 Å². The van der Waals surface area contributed by atoms with Crippen LogP contribution in [0.5, 0.6) is 5.75 Å². The highest BCUT2D eigenvalue weighted by molar-refractivity contribution is 5.60. The van der Waals surface area contributed by atoms with Crippen LogP contribution in [0.25, 0.3) is 0 Å². The fraction of sp³-hybridized carbons (Fsp3) is 0.647. The zero-order valence-corrected chi connectivity index (χ0v) is 13.3. The molecule has 3 atom stereocenters. The predicted octanol–water partition coefficient (Wildman–Crippen LogP) is 4.01. The number of aromatic hydroxyl groups is 1. The third-order valence-electron chi connectivity index (χ3n) is 5.07. The molecule has 2 rings (SSSR count). The van der Waals surface area contributed by atoms with Gasteiger partial charge in [0.15, 0.2) is 0 Å². The number of phenolic OH excluding ortho intramolecular Hbond substituents is 1. The van der Waals surface area contributed by atoms with Gasteiger partial charge in [-0.15, -0.1) is 0 Å². The molecule has 1 fully saturated rings. The van der Waals surface area contributed by atoms with Crippen molar-refractivity contribution in [3.05, 3.63) is 23.3 Å². The van der Waals surface area contributed by atoms with Gasteiger partial charge in [0, 0.05) is 29.3 Å². The van der Waals surface area contributed by atoms with Gasteiger partial charge >= 0.3 is 0 Å². The van der Waals surface area contributed by atoms with Crippen LogP contribution in [-0.4, -0.2) is 23.9 Å². The second kappa shape index (κ2) is 5.65. The van der Waals surface area contributed by atoms with Gasteiger partial charge in [0.05, 0.1) is 6.10 Å². The molecule has 2 N–H and O–H groups in total. The summed E-state index contributed by atoms with van der Waals surface area (Å²) in [5.41, 5.74) is 3.06. The second-order valence-corrected chi connectivity index (χ2v) is 6.14. The van der Waals surface area contributed by atoms with E-state index in [1.165, 1.54) is 0 Å². The van der Waals surface area contributed by atoms with Crippen LogP contribution in [-0.2, 0) is 4.74 Å². The van der Waals surface area contributed by atoms with E-state index in [2.05, 4.69) is 32.2 Å². The van der Waals surface area contributed by atoms with Crippen molar-refractivity contribution in [2.24, 2.45) is 5.41 Å². The quantitative estimate of drug-likeness (QED) is 0.854. The maximum absolute atomic E-state index is 10.0. The third-order valence-corrected chi connectivity index (χ3v) is 5.07. The summed E-state index contributed by atoms with van der Waals surface area (Å²) in [6, 6.07) is 4.44. The number of anilines is 1. The van der Waals surface area contributed by atoms with Gasteiger partial charge in [-0.25, -0.2) is 0 Å². The summed E-state index contributed by atoms with van der Waals surface area (Å²) < 4.78 is 5.84. The van der Waals surface area contributed by atoms with Crippen molar-refractivity contribution in [1.29, 1.82) is 0 Å². The minimum Gasteiger partial charge on any atom is -0.507 e. The van der Waals surface area contributed by atoms with Crippen molar-refractivity contribution >= 4 is 5.69 Å². The van der Waals surface area contributed by atoms with Crippen molar-refractivity contribution in [1.82, 2.24) is 0 Å².